The van der Waals surface area contributed by atoms with Gasteiger partial charge in [-0.15, -0.1) is 5.10 Å². The highest BCUT2D eigenvalue weighted by Gasteiger charge is 2.15. The van der Waals surface area contributed by atoms with Crippen LogP contribution in [0.15, 0.2) is 41.2 Å². The first-order chi connectivity index (χ1) is 12.9. The smallest absolute Gasteiger partial charge is 0.277 e. The maximum Gasteiger partial charge on any atom is 0.277 e. The van der Waals surface area contributed by atoms with E-state index in [1.807, 2.05) is 19.1 Å². The second-order valence-electron chi connectivity index (χ2n) is 6.85. The molecule has 0 unspecified atom stereocenters. The second kappa shape index (κ2) is 8.06. The Hall–Kier alpha value is -2.44. The van der Waals surface area contributed by atoms with E-state index >= 15 is 0 Å². The molecule has 1 N–H and O–H groups in total. The molecule has 0 fully saturated rings. The van der Waals surface area contributed by atoms with Crippen LogP contribution in [-0.4, -0.2) is 32.8 Å². The van der Waals surface area contributed by atoms with Crippen molar-refractivity contribution >= 4 is 22.5 Å². The monoisotopic (exact) mass is 387 g/mol. The Morgan fingerprint density at radius 2 is 2.00 bits per heavy atom. The molecule has 27 heavy (non-hydrogen) atoms. The van der Waals surface area contributed by atoms with E-state index in [1.54, 1.807) is 24.3 Å². The van der Waals surface area contributed by atoms with E-state index in [9.17, 15) is 9.90 Å². The minimum Gasteiger partial charge on any atom is -0.491 e. The maximum atomic E-state index is 12.5. The van der Waals surface area contributed by atoms with Gasteiger partial charge in [0.2, 0.25) is 0 Å². The van der Waals surface area contributed by atoms with Crippen LogP contribution >= 0.6 is 11.6 Å². The molecule has 6 nitrogen and oxygen atoms in total. The Morgan fingerprint density at radius 3 is 2.74 bits per heavy atom. The van der Waals surface area contributed by atoms with E-state index in [-0.39, 0.29) is 24.6 Å². The van der Waals surface area contributed by atoms with Crippen LogP contribution in [-0.2, 0) is 6.54 Å². The standard InChI is InChI=1S/C20H22ClN3O3/c1-12(2)16-9-17(21)13(3)8-19(16)27-11-14(25)10-24-20(26)15-6-4-5-7-18(15)22-23-24/h4-9,12,14,25H,10-11H2,1-3H3/t14-/m1/s1. The van der Waals surface area contributed by atoms with Gasteiger partial charge < -0.3 is 9.84 Å². The van der Waals surface area contributed by atoms with Crippen molar-refractivity contribution in [3.05, 3.63) is 62.9 Å². The molecule has 0 spiro atoms. The van der Waals surface area contributed by atoms with Crippen molar-refractivity contribution in [2.45, 2.75) is 39.3 Å². The van der Waals surface area contributed by atoms with Crippen molar-refractivity contribution in [2.24, 2.45) is 0 Å². The van der Waals surface area contributed by atoms with Gasteiger partial charge >= 0.3 is 0 Å². The van der Waals surface area contributed by atoms with Crippen molar-refractivity contribution in [2.75, 3.05) is 6.61 Å². The molecule has 0 amide bonds. The van der Waals surface area contributed by atoms with Gasteiger partial charge in [-0.2, -0.15) is 0 Å². The molecule has 0 bridgehead atoms. The summed E-state index contributed by atoms with van der Waals surface area (Å²) in [6.07, 6.45) is -0.908. The van der Waals surface area contributed by atoms with Gasteiger partial charge in [-0.1, -0.05) is 42.8 Å². The summed E-state index contributed by atoms with van der Waals surface area (Å²) < 4.78 is 6.98. The van der Waals surface area contributed by atoms with Gasteiger partial charge in [-0.3, -0.25) is 4.79 Å². The van der Waals surface area contributed by atoms with Crippen LogP contribution in [0.5, 0.6) is 5.75 Å². The Morgan fingerprint density at radius 1 is 1.26 bits per heavy atom. The first kappa shape index (κ1) is 19.3. The summed E-state index contributed by atoms with van der Waals surface area (Å²) in [4.78, 5) is 12.5. The first-order valence-electron chi connectivity index (χ1n) is 8.80. The third kappa shape index (κ3) is 4.28. The Kier molecular flexibility index (Phi) is 5.77. The normalized spacial score (nSPS) is 12.5. The minimum absolute atomic E-state index is 0.000249. The number of nitrogens with zero attached hydrogens (tertiary/aromatic N) is 3. The maximum absolute atomic E-state index is 12.5. The lowest BCUT2D eigenvalue weighted by Crippen LogP contribution is -2.32. The molecule has 142 valence electrons. The van der Waals surface area contributed by atoms with E-state index in [0.29, 0.717) is 21.7 Å². The average molecular weight is 388 g/mol. The molecule has 3 aromatic rings. The molecule has 0 aliphatic carbocycles. The van der Waals surface area contributed by atoms with Gasteiger partial charge in [0.05, 0.1) is 11.9 Å². The molecule has 1 heterocycles. The number of fused-ring (bicyclic) bond motifs is 1. The van der Waals surface area contributed by atoms with E-state index < -0.39 is 6.10 Å². The molecule has 0 saturated carbocycles. The lowest BCUT2D eigenvalue weighted by Gasteiger charge is -2.18. The zero-order valence-corrected chi connectivity index (χ0v) is 16.3. The molecular weight excluding hydrogens is 366 g/mol. The van der Waals surface area contributed by atoms with Crippen molar-refractivity contribution in [3.8, 4) is 5.75 Å². The number of aliphatic hydroxyl groups is 1. The molecule has 7 heteroatoms. The quantitative estimate of drug-likeness (QED) is 0.702. The van der Waals surface area contributed by atoms with Crippen LogP contribution in [0, 0.1) is 6.92 Å². The topological polar surface area (TPSA) is 77.2 Å². The van der Waals surface area contributed by atoms with Gasteiger partial charge in [-0.25, -0.2) is 4.68 Å². The summed E-state index contributed by atoms with van der Waals surface area (Å²) in [7, 11) is 0. The Labute approximate surface area is 162 Å². The van der Waals surface area contributed by atoms with Crippen molar-refractivity contribution in [1.29, 1.82) is 0 Å². The highest BCUT2D eigenvalue weighted by molar-refractivity contribution is 6.31. The second-order valence-corrected chi connectivity index (χ2v) is 7.26. The highest BCUT2D eigenvalue weighted by atomic mass is 35.5. The van der Waals surface area contributed by atoms with Crippen LogP contribution in [0.25, 0.3) is 10.9 Å². The summed E-state index contributed by atoms with van der Waals surface area (Å²) in [5, 5.41) is 19.4. The molecule has 0 saturated heterocycles. The molecule has 1 aromatic heterocycles. The van der Waals surface area contributed by atoms with Gasteiger partial charge in [0, 0.05) is 5.02 Å². The number of ether oxygens (including phenoxy) is 1. The number of aliphatic hydroxyl groups excluding tert-OH is 1. The third-order valence-corrected chi connectivity index (χ3v) is 4.76. The lowest BCUT2D eigenvalue weighted by atomic mass is 10.0. The van der Waals surface area contributed by atoms with Crippen molar-refractivity contribution in [3.63, 3.8) is 0 Å². The summed E-state index contributed by atoms with van der Waals surface area (Å²) in [6, 6.07) is 10.7. The summed E-state index contributed by atoms with van der Waals surface area (Å²) in [6.45, 7) is 6.03. The van der Waals surface area contributed by atoms with E-state index in [1.165, 1.54) is 0 Å². The highest BCUT2D eigenvalue weighted by Crippen LogP contribution is 2.32. The van der Waals surface area contributed by atoms with Gasteiger partial charge in [0.1, 0.15) is 24.0 Å². The number of aryl methyl sites for hydroxylation is 1. The van der Waals surface area contributed by atoms with Gasteiger partial charge in [0.15, 0.2) is 0 Å². The van der Waals surface area contributed by atoms with E-state index in [0.717, 1.165) is 15.8 Å². The number of benzene rings is 2. The molecule has 0 radical (unpaired) electrons. The lowest BCUT2D eigenvalue weighted by molar-refractivity contribution is 0.0867. The van der Waals surface area contributed by atoms with E-state index in [2.05, 4.69) is 24.2 Å². The predicted octanol–water partition coefficient (Wildman–Crippen LogP) is 3.32. The van der Waals surface area contributed by atoms with Gasteiger partial charge in [-0.05, 0) is 48.2 Å². The van der Waals surface area contributed by atoms with Gasteiger partial charge in [0.25, 0.3) is 5.56 Å². The number of aromatic nitrogens is 3. The SMILES string of the molecule is Cc1cc(OC[C@H](O)Cn2nnc3ccccc3c2=O)c(C(C)C)cc1Cl. The van der Waals surface area contributed by atoms with Crippen LogP contribution in [0.3, 0.4) is 0 Å². The zero-order chi connectivity index (χ0) is 19.6. The largest absolute Gasteiger partial charge is 0.491 e. The van der Waals surface area contributed by atoms with Crippen molar-refractivity contribution < 1.29 is 9.84 Å². The number of halogens is 1. The summed E-state index contributed by atoms with van der Waals surface area (Å²) >= 11 is 6.21. The fourth-order valence-electron chi connectivity index (χ4n) is 2.83. The molecule has 0 aliphatic heterocycles. The third-order valence-electron chi connectivity index (χ3n) is 4.36. The number of hydrogen-bond acceptors (Lipinski definition) is 5. The number of rotatable bonds is 6. The van der Waals surface area contributed by atoms with Crippen molar-refractivity contribution in [1.82, 2.24) is 15.0 Å². The fourth-order valence-corrected chi connectivity index (χ4v) is 3.00. The summed E-state index contributed by atoms with van der Waals surface area (Å²) in [5.41, 5.74) is 2.12. The Bertz CT molecular complexity index is 1020. The van der Waals surface area contributed by atoms with Crippen LogP contribution < -0.4 is 10.3 Å². The van der Waals surface area contributed by atoms with Crippen LogP contribution in [0.2, 0.25) is 5.02 Å². The van der Waals surface area contributed by atoms with Crippen LogP contribution in [0.4, 0.5) is 0 Å². The van der Waals surface area contributed by atoms with Crippen LogP contribution in [0.1, 0.15) is 30.9 Å². The first-order valence-corrected chi connectivity index (χ1v) is 9.18. The molecule has 1 atom stereocenters. The molecule has 0 aliphatic rings. The van der Waals surface area contributed by atoms with E-state index in [4.69, 9.17) is 16.3 Å². The fraction of sp³-hybridized carbons (Fsp3) is 0.350. The Balaban J connectivity index is 1.74. The summed E-state index contributed by atoms with van der Waals surface area (Å²) in [5.74, 6) is 0.909. The average Bonchev–Trinajstić information content (AvgIpc) is 2.64. The minimum atomic E-state index is -0.908. The predicted molar refractivity (Wildman–Crippen MR) is 106 cm³/mol. The molecular formula is C20H22ClN3O3. The molecule has 3 rings (SSSR count). The number of hydrogen-bond donors (Lipinski definition) is 1. The molecule has 2 aromatic carbocycles. The zero-order valence-electron chi connectivity index (χ0n) is 15.5.